The molecule has 0 saturated heterocycles. The number of fused-ring (bicyclic) bond motifs is 1. The van der Waals surface area contributed by atoms with Gasteiger partial charge in [0.05, 0.1) is 6.54 Å². The molecule has 1 aromatic heterocycles. The van der Waals surface area contributed by atoms with Crippen LogP contribution in [0.5, 0.6) is 0 Å². The molecule has 36 heavy (non-hydrogen) atoms. The standard InChI is InChI=1S/C28H28N6O2/c29-26(35)11-5-7-22-17-16-21-6-1-4-10-25(21)34(28(22)36)18-19-12-14-20(15-13-19)23-8-2-3-9-24(23)27-30-32-33-31-27/h1-4,6,8-10,12-15,22H,5,7,11,16-18H2,(H2,29,35)(H,30,31,32,33)/t22-/m1/s1. The average molecular weight is 481 g/mol. The zero-order valence-electron chi connectivity index (χ0n) is 19.9. The summed E-state index contributed by atoms with van der Waals surface area (Å²) in [4.78, 5) is 26.7. The van der Waals surface area contributed by atoms with Gasteiger partial charge in [0.1, 0.15) is 0 Å². The van der Waals surface area contributed by atoms with Crippen LogP contribution in [-0.2, 0) is 22.6 Å². The van der Waals surface area contributed by atoms with Gasteiger partial charge >= 0.3 is 0 Å². The van der Waals surface area contributed by atoms with Crippen LogP contribution >= 0.6 is 0 Å². The number of tetrazole rings is 1. The molecule has 8 nitrogen and oxygen atoms in total. The smallest absolute Gasteiger partial charge is 0.230 e. The Morgan fingerprint density at radius 2 is 1.75 bits per heavy atom. The third-order valence-corrected chi connectivity index (χ3v) is 6.75. The quantitative estimate of drug-likeness (QED) is 0.390. The fraction of sp³-hybridized carbons (Fsp3) is 0.250. The second-order valence-corrected chi connectivity index (χ2v) is 9.13. The van der Waals surface area contributed by atoms with Gasteiger partial charge in [-0.05, 0) is 59.2 Å². The molecule has 1 atom stereocenters. The normalized spacial score (nSPS) is 15.4. The van der Waals surface area contributed by atoms with Gasteiger partial charge in [-0.25, -0.2) is 0 Å². The number of aromatic nitrogens is 4. The second-order valence-electron chi connectivity index (χ2n) is 9.13. The van der Waals surface area contributed by atoms with Crippen LogP contribution in [-0.4, -0.2) is 32.4 Å². The number of H-pyrrole nitrogens is 1. The van der Waals surface area contributed by atoms with E-state index in [4.69, 9.17) is 5.73 Å². The number of para-hydroxylation sites is 1. The third-order valence-electron chi connectivity index (χ3n) is 6.75. The summed E-state index contributed by atoms with van der Waals surface area (Å²) in [5.41, 5.74) is 11.4. The molecule has 3 aromatic carbocycles. The average Bonchev–Trinajstić information content (AvgIpc) is 3.40. The van der Waals surface area contributed by atoms with Crippen LogP contribution in [0.3, 0.4) is 0 Å². The Bertz CT molecular complexity index is 1350. The molecule has 1 aliphatic rings. The lowest BCUT2D eigenvalue weighted by Crippen LogP contribution is -2.35. The van der Waals surface area contributed by atoms with E-state index in [1.165, 1.54) is 5.56 Å². The van der Waals surface area contributed by atoms with Crippen LogP contribution in [0.2, 0.25) is 0 Å². The number of nitrogens with two attached hydrogens (primary N) is 1. The van der Waals surface area contributed by atoms with Gasteiger partial charge in [-0.2, -0.15) is 5.21 Å². The Labute approximate surface area is 209 Å². The molecule has 3 N–H and O–H groups in total. The molecule has 4 aromatic rings. The lowest BCUT2D eigenvalue weighted by Gasteiger charge is -2.26. The maximum Gasteiger partial charge on any atom is 0.230 e. The number of hydrogen-bond acceptors (Lipinski definition) is 5. The molecule has 2 heterocycles. The van der Waals surface area contributed by atoms with E-state index >= 15 is 0 Å². The number of anilines is 1. The first-order valence-corrected chi connectivity index (χ1v) is 12.2. The number of carbonyl (C=O) groups excluding carboxylic acids is 2. The summed E-state index contributed by atoms with van der Waals surface area (Å²) in [6.45, 7) is 0.481. The molecule has 0 aliphatic carbocycles. The molecular weight excluding hydrogens is 452 g/mol. The molecule has 2 amide bonds. The number of aryl methyl sites for hydroxylation is 1. The Morgan fingerprint density at radius 1 is 1.00 bits per heavy atom. The zero-order chi connectivity index (χ0) is 24.9. The highest BCUT2D eigenvalue weighted by atomic mass is 16.2. The molecule has 0 spiro atoms. The number of benzene rings is 3. The summed E-state index contributed by atoms with van der Waals surface area (Å²) >= 11 is 0. The van der Waals surface area contributed by atoms with Crippen molar-refractivity contribution in [2.75, 3.05) is 4.90 Å². The zero-order valence-corrected chi connectivity index (χ0v) is 19.9. The predicted molar refractivity (Wildman–Crippen MR) is 138 cm³/mol. The van der Waals surface area contributed by atoms with E-state index in [9.17, 15) is 9.59 Å². The van der Waals surface area contributed by atoms with Crippen LogP contribution < -0.4 is 10.6 Å². The molecule has 0 fully saturated rings. The highest BCUT2D eigenvalue weighted by molar-refractivity contribution is 5.96. The van der Waals surface area contributed by atoms with E-state index < -0.39 is 0 Å². The highest BCUT2D eigenvalue weighted by Gasteiger charge is 2.30. The SMILES string of the molecule is NC(=O)CCC[C@@H]1CCc2ccccc2N(Cc2ccc(-c3ccccc3-c3nn[nH]n3)cc2)C1=O. The number of amides is 2. The maximum absolute atomic E-state index is 13.6. The molecule has 0 radical (unpaired) electrons. The van der Waals surface area contributed by atoms with Crippen molar-refractivity contribution >= 4 is 17.5 Å². The minimum atomic E-state index is -0.322. The van der Waals surface area contributed by atoms with Gasteiger partial charge in [0.15, 0.2) is 0 Å². The summed E-state index contributed by atoms with van der Waals surface area (Å²) < 4.78 is 0. The van der Waals surface area contributed by atoms with E-state index in [1.54, 1.807) is 0 Å². The first-order valence-electron chi connectivity index (χ1n) is 12.2. The van der Waals surface area contributed by atoms with Crippen LogP contribution in [0.25, 0.3) is 22.5 Å². The molecule has 1 aliphatic heterocycles. The van der Waals surface area contributed by atoms with E-state index in [-0.39, 0.29) is 17.7 Å². The van der Waals surface area contributed by atoms with Crippen LogP contribution in [0.1, 0.15) is 36.8 Å². The fourth-order valence-corrected chi connectivity index (χ4v) is 4.91. The van der Waals surface area contributed by atoms with Gasteiger partial charge < -0.3 is 10.6 Å². The van der Waals surface area contributed by atoms with Gasteiger partial charge in [0.25, 0.3) is 0 Å². The largest absolute Gasteiger partial charge is 0.370 e. The molecule has 0 saturated carbocycles. The Morgan fingerprint density at radius 3 is 2.50 bits per heavy atom. The lowest BCUT2D eigenvalue weighted by atomic mass is 9.94. The minimum Gasteiger partial charge on any atom is -0.370 e. The fourth-order valence-electron chi connectivity index (χ4n) is 4.91. The number of primary amides is 1. The van der Waals surface area contributed by atoms with E-state index in [0.29, 0.717) is 31.6 Å². The summed E-state index contributed by atoms with van der Waals surface area (Å²) in [6.07, 6.45) is 3.22. The van der Waals surface area contributed by atoms with Gasteiger partial charge in [-0.3, -0.25) is 9.59 Å². The highest BCUT2D eigenvalue weighted by Crippen LogP contribution is 2.34. The lowest BCUT2D eigenvalue weighted by molar-refractivity contribution is -0.123. The predicted octanol–water partition coefficient (Wildman–Crippen LogP) is 4.28. The second kappa shape index (κ2) is 10.5. The summed E-state index contributed by atoms with van der Waals surface area (Å²) in [6, 6.07) is 24.3. The van der Waals surface area contributed by atoms with Crippen molar-refractivity contribution in [1.82, 2.24) is 20.6 Å². The molecular formula is C28H28N6O2. The van der Waals surface area contributed by atoms with E-state index in [1.807, 2.05) is 47.4 Å². The van der Waals surface area contributed by atoms with E-state index in [2.05, 4.69) is 51.0 Å². The van der Waals surface area contributed by atoms with Crippen molar-refractivity contribution in [2.45, 2.75) is 38.6 Å². The van der Waals surface area contributed by atoms with Crippen molar-refractivity contribution in [3.05, 3.63) is 83.9 Å². The molecule has 0 bridgehead atoms. The Kier molecular flexibility index (Phi) is 6.84. The topological polar surface area (TPSA) is 118 Å². The van der Waals surface area contributed by atoms with E-state index in [0.717, 1.165) is 40.8 Å². The molecule has 5 rings (SSSR count). The summed E-state index contributed by atoms with van der Waals surface area (Å²) in [7, 11) is 0. The number of nitrogens with one attached hydrogen (secondary N) is 1. The summed E-state index contributed by atoms with van der Waals surface area (Å²) in [5, 5.41) is 14.4. The number of nitrogens with zero attached hydrogens (tertiary/aromatic N) is 4. The van der Waals surface area contributed by atoms with Crippen LogP contribution in [0.15, 0.2) is 72.8 Å². The number of aromatic amines is 1. The Balaban J connectivity index is 1.40. The van der Waals surface area contributed by atoms with Gasteiger partial charge in [-0.15, -0.1) is 10.2 Å². The molecule has 0 unspecified atom stereocenters. The van der Waals surface area contributed by atoms with Crippen molar-refractivity contribution in [2.24, 2.45) is 11.7 Å². The number of carbonyl (C=O) groups is 2. The minimum absolute atomic E-state index is 0.107. The third kappa shape index (κ3) is 5.02. The monoisotopic (exact) mass is 480 g/mol. The molecule has 8 heteroatoms. The van der Waals surface area contributed by atoms with Crippen molar-refractivity contribution < 1.29 is 9.59 Å². The van der Waals surface area contributed by atoms with Crippen molar-refractivity contribution in [3.8, 4) is 22.5 Å². The van der Waals surface area contributed by atoms with Crippen molar-refractivity contribution in [3.63, 3.8) is 0 Å². The van der Waals surface area contributed by atoms with Gasteiger partial charge in [0.2, 0.25) is 17.6 Å². The van der Waals surface area contributed by atoms with Crippen LogP contribution in [0, 0.1) is 5.92 Å². The van der Waals surface area contributed by atoms with Crippen molar-refractivity contribution in [1.29, 1.82) is 0 Å². The number of rotatable bonds is 8. The van der Waals surface area contributed by atoms with Crippen LogP contribution in [0.4, 0.5) is 5.69 Å². The Hall–Kier alpha value is -4.33. The first kappa shape index (κ1) is 23.4. The first-order chi connectivity index (χ1) is 17.6. The summed E-state index contributed by atoms with van der Waals surface area (Å²) in [5.74, 6) is 0.204. The van der Waals surface area contributed by atoms with Gasteiger partial charge in [0, 0.05) is 23.6 Å². The number of hydrogen-bond donors (Lipinski definition) is 2. The van der Waals surface area contributed by atoms with Gasteiger partial charge in [-0.1, -0.05) is 66.7 Å². The maximum atomic E-state index is 13.6. The molecule has 182 valence electrons.